The summed E-state index contributed by atoms with van der Waals surface area (Å²) in [7, 11) is 3.16. The van der Waals surface area contributed by atoms with E-state index < -0.39 is 16.8 Å². The van der Waals surface area contributed by atoms with E-state index in [1.165, 1.54) is 11.0 Å². The summed E-state index contributed by atoms with van der Waals surface area (Å²) in [4.78, 5) is 18.8. The molecule has 1 heterocycles. The van der Waals surface area contributed by atoms with Gasteiger partial charge in [-0.1, -0.05) is 29.8 Å². The highest BCUT2D eigenvalue weighted by molar-refractivity contribution is 6.31. The first-order valence-electron chi connectivity index (χ1n) is 9.67. The van der Waals surface area contributed by atoms with Gasteiger partial charge < -0.3 is 10.5 Å². The van der Waals surface area contributed by atoms with E-state index in [1.54, 1.807) is 53.1 Å². The number of carbonyl (C=O) groups is 1. The minimum atomic E-state index is -1.15. The average molecular weight is 432 g/mol. The second-order valence-electron chi connectivity index (χ2n) is 8.44. The number of benzene rings is 2. The molecular formula is C23H27ClFN3O2. The van der Waals surface area contributed by atoms with Crippen molar-refractivity contribution < 1.29 is 13.9 Å². The van der Waals surface area contributed by atoms with Gasteiger partial charge in [0.05, 0.1) is 12.5 Å². The van der Waals surface area contributed by atoms with Crippen molar-refractivity contribution in [1.82, 2.24) is 4.90 Å². The number of carbonyl (C=O) groups excluding carboxylic acids is 1. The highest BCUT2D eigenvalue weighted by atomic mass is 35.5. The van der Waals surface area contributed by atoms with Gasteiger partial charge >= 0.3 is 0 Å². The Hall–Kier alpha value is -2.60. The van der Waals surface area contributed by atoms with E-state index in [4.69, 9.17) is 22.1 Å². The van der Waals surface area contributed by atoms with Crippen molar-refractivity contribution in [1.29, 1.82) is 0 Å². The number of aliphatic imine (C=N–C) groups is 1. The summed E-state index contributed by atoms with van der Waals surface area (Å²) in [6, 6.07) is 8.64. The fourth-order valence-corrected chi connectivity index (χ4v) is 4.05. The van der Waals surface area contributed by atoms with Crippen LogP contribution in [0.3, 0.4) is 0 Å². The van der Waals surface area contributed by atoms with Crippen molar-refractivity contribution >= 4 is 23.5 Å². The average Bonchev–Trinajstić information content (AvgIpc) is 2.69. The van der Waals surface area contributed by atoms with Gasteiger partial charge in [-0.2, -0.15) is 0 Å². The van der Waals surface area contributed by atoms with Crippen LogP contribution in [0.2, 0.25) is 5.02 Å². The molecule has 2 N–H and O–H groups in total. The third kappa shape index (κ3) is 3.43. The maximum atomic E-state index is 15.0. The summed E-state index contributed by atoms with van der Waals surface area (Å²) < 4.78 is 20.5. The molecule has 0 unspecified atom stereocenters. The summed E-state index contributed by atoms with van der Waals surface area (Å²) in [6.45, 7) is 7.20. The highest BCUT2D eigenvalue weighted by Gasteiger charge is 2.53. The molecule has 3 rings (SSSR count). The molecule has 7 heteroatoms. The van der Waals surface area contributed by atoms with Crippen LogP contribution >= 0.6 is 11.6 Å². The lowest BCUT2D eigenvalue weighted by molar-refractivity contribution is -0.140. The molecule has 1 aliphatic heterocycles. The van der Waals surface area contributed by atoms with E-state index >= 15 is 4.39 Å². The van der Waals surface area contributed by atoms with Crippen molar-refractivity contribution in [3.8, 4) is 5.75 Å². The van der Waals surface area contributed by atoms with Crippen molar-refractivity contribution in [3.05, 3.63) is 63.4 Å². The Kier molecular flexibility index (Phi) is 5.58. The van der Waals surface area contributed by atoms with Crippen LogP contribution < -0.4 is 10.5 Å². The third-order valence-electron chi connectivity index (χ3n) is 6.25. The molecule has 0 aromatic heterocycles. The molecule has 30 heavy (non-hydrogen) atoms. The van der Waals surface area contributed by atoms with Crippen LogP contribution in [0.25, 0.3) is 0 Å². The number of amides is 1. The summed E-state index contributed by atoms with van der Waals surface area (Å²) >= 11 is 6.21. The number of nitrogens with two attached hydrogens (primary N) is 1. The molecule has 0 aliphatic carbocycles. The monoisotopic (exact) mass is 431 g/mol. The van der Waals surface area contributed by atoms with E-state index in [-0.39, 0.29) is 11.9 Å². The van der Waals surface area contributed by atoms with Crippen LogP contribution in [0.5, 0.6) is 5.75 Å². The SMILES string of the molecule is COc1cc(Cl)c(C)cc1Cc1ccc(F)c([C@@]2(C)N=C(N)N(C)C(=O)C2(C)C)c1. The second-order valence-corrected chi connectivity index (χ2v) is 8.84. The number of rotatable bonds is 4. The smallest absolute Gasteiger partial charge is 0.237 e. The molecule has 0 saturated heterocycles. The van der Waals surface area contributed by atoms with Crippen molar-refractivity contribution in [2.75, 3.05) is 14.2 Å². The zero-order valence-electron chi connectivity index (χ0n) is 18.1. The fourth-order valence-electron chi connectivity index (χ4n) is 3.90. The number of halogens is 2. The highest BCUT2D eigenvalue weighted by Crippen LogP contribution is 2.47. The molecule has 160 valence electrons. The van der Waals surface area contributed by atoms with Gasteiger partial charge in [-0.25, -0.2) is 9.38 Å². The van der Waals surface area contributed by atoms with Gasteiger partial charge in [-0.15, -0.1) is 0 Å². The van der Waals surface area contributed by atoms with Gasteiger partial charge in [0.25, 0.3) is 0 Å². The van der Waals surface area contributed by atoms with Crippen LogP contribution in [0.15, 0.2) is 35.3 Å². The lowest BCUT2D eigenvalue weighted by Gasteiger charge is -2.46. The van der Waals surface area contributed by atoms with Gasteiger partial charge in [-0.05, 0) is 56.5 Å². The topological polar surface area (TPSA) is 67.9 Å². The second kappa shape index (κ2) is 7.58. The Morgan fingerprint density at radius 3 is 2.53 bits per heavy atom. The zero-order chi connectivity index (χ0) is 22.4. The van der Waals surface area contributed by atoms with Crippen LogP contribution in [0, 0.1) is 18.2 Å². The molecule has 5 nitrogen and oxygen atoms in total. The number of methoxy groups -OCH3 is 1. The lowest BCUT2D eigenvalue weighted by Crippen LogP contribution is -2.58. The molecule has 0 radical (unpaired) electrons. The first-order chi connectivity index (χ1) is 13.9. The quantitative estimate of drug-likeness (QED) is 0.779. The molecule has 2 aromatic rings. The van der Waals surface area contributed by atoms with E-state index in [9.17, 15) is 4.79 Å². The molecule has 1 aliphatic rings. The van der Waals surface area contributed by atoms with E-state index in [2.05, 4.69) is 4.99 Å². The summed E-state index contributed by atoms with van der Waals surface area (Å²) in [5.41, 5.74) is 6.91. The van der Waals surface area contributed by atoms with Crippen LogP contribution in [-0.4, -0.2) is 30.9 Å². The molecular weight excluding hydrogens is 405 g/mol. The summed E-state index contributed by atoms with van der Waals surface area (Å²) in [5.74, 6) is 0.0983. The number of ether oxygens (including phenoxy) is 1. The number of hydrogen-bond donors (Lipinski definition) is 1. The fraction of sp³-hybridized carbons (Fsp3) is 0.391. The molecule has 1 amide bonds. The predicted molar refractivity (Wildman–Crippen MR) is 117 cm³/mol. The van der Waals surface area contributed by atoms with Gasteiger partial charge in [0.1, 0.15) is 17.1 Å². The number of hydrogen-bond acceptors (Lipinski definition) is 4. The molecule has 2 aromatic carbocycles. The third-order valence-corrected chi connectivity index (χ3v) is 6.66. The Balaban J connectivity index is 2.11. The zero-order valence-corrected chi connectivity index (χ0v) is 18.9. The molecule has 1 atom stereocenters. The normalized spacial score (nSPS) is 20.9. The van der Waals surface area contributed by atoms with Crippen molar-refractivity contribution in [3.63, 3.8) is 0 Å². The minimum Gasteiger partial charge on any atom is -0.496 e. The van der Waals surface area contributed by atoms with Crippen LogP contribution in [0.1, 0.15) is 43.0 Å². The van der Waals surface area contributed by atoms with Gasteiger partial charge in [0.2, 0.25) is 5.91 Å². The predicted octanol–water partition coefficient (Wildman–Crippen LogP) is 4.42. The number of aryl methyl sites for hydroxylation is 1. The lowest BCUT2D eigenvalue weighted by atomic mass is 9.67. The van der Waals surface area contributed by atoms with Gasteiger partial charge in [0.15, 0.2) is 5.96 Å². The van der Waals surface area contributed by atoms with Crippen molar-refractivity contribution in [2.24, 2.45) is 16.1 Å². The standard InChI is InChI=1S/C23H27ClFN3O2/c1-13-9-15(19(30-6)12-17(13)24)10-14-7-8-18(25)16(11-14)23(4)22(2,3)20(29)28(5)21(26)27-23/h7-9,11-12H,10H2,1-6H3,(H2,26,27)/t23-/m1/s1. The first kappa shape index (κ1) is 22.1. The molecule has 0 bridgehead atoms. The summed E-state index contributed by atoms with van der Waals surface area (Å²) in [5, 5.41) is 0.624. The van der Waals surface area contributed by atoms with Crippen LogP contribution in [0.4, 0.5) is 4.39 Å². The summed E-state index contributed by atoms with van der Waals surface area (Å²) in [6.07, 6.45) is 0.512. The Bertz CT molecular complexity index is 1050. The minimum absolute atomic E-state index is 0.0709. The number of nitrogens with zero attached hydrogens (tertiary/aromatic N) is 2. The van der Waals surface area contributed by atoms with E-state index in [0.29, 0.717) is 22.8 Å². The number of guanidine groups is 1. The van der Waals surface area contributed by atoms with Crippen LogP contribution in [-0.2, 0) is 16.8 Å². The van der Waals surface area contributed by atoms with Gasteiger partial charge in [-0.3, -0.25) is 9.69 Å². The molecule has 0 fully saturated rings. The van der Waals surface area contributed by atoms with Gasteiger partial charge in [0, 0.05) is 24.1 Å². The molecule has 0 spiro atoms. The Morgan fingerprint density at radius 2 is 1.90 bits per heavy atom. The maximum Gasteiger partial charge on any atom is 0.237 e. The first-order valence-corrected chi connectivity index (χ1v) is 10.1. The maximum absolute atomic E-state index is 15.0. The molecule has 0 saturated carbocycles. The Morgan fingerprint density at radius 1 is 1.23 bits per heavy atom. The van der Waals surface area contributed by atoms with Crippen molar-refractivity contribution in [2.45, 2.75) is 39.7 Å². The van der Waals surface area contributed by atoms with E-state index in [1.807, 2.05) is 13.0 Å². The largest absolute Gasteiger partial charge is 0.496 e. The van der Waals surface area contributed by atoms with E-state index in [0.717, 1.165) is 16.7 Å². The Labute approximate surface area is 181 Å².